The van der Waals surface area contributed by atoms with Crippen LogP contribution in [-0.2, 0) is 15.9 Å². The highest BCUT2D eigenvalue weighted by atomic mass is 32.1. The van der Waals surface area contributed by atoms with Gasteiger partial charge in [0, 0.05) is 24.6 Å². The molecule has 1 rings (SSSR count). The van der Waals surface area contributed by atoms with Crippen molar-refractivity contribution in [3.63, 3.8) is 0 Å². The summed E-state index contributed by atoms with van der Waals surface area (Å²) < 4.78 is 10.0. The molecule has 1 N–H and O–H groups in total. The van der Waals surface area contributed by atoms with Crippen LogP contribution < -0.4 is 0 Å². The van der Waals surface area contributed by atoms with Gasteiger partial charge in [0.2, 0.25) is 0 Å². The molecule has 0 fully saturated rings. The number of hydrogen-bond acceptors (Lipinski definition) is 5. The number of nitrogens with zero attached hydrogens (tertiary/aromatic N) is 1. The zero-order chi connectivity index (χ0) is 11.1. The number of aliphatic hydroxyl groups is 1. The fourth-order valence-electron chi connectivity index (χ4n) is 1.12. The number of aryl methyl sites for hydroxylation is 1. The van der Waals surface area contributed by atoms with Crippen molar-refractivity contribution in [3.8, 4) is 0 Å². The van der Waals surface area contributed by atoms with Crippen molar-refractivity contribution >= 4 is 11.3 Å². The van der Waals surface area contributed by atoms with Crippen molar-refractivity contribution in [1.29, 1.82) is 0 Å². The number of aliphatic hydroxyl groups excluding tert-OH is 1. The number of rotatable bonds is 7. The molecule has 5 heteroatoms. The second-order valence-corrected chi connectivity index (χ2v) is 4.25. The Morgan fingerprint density at radius 1 is 1.53 bits per heavy atom. The second kappa shape index (κ2) is 6.90. The van der Waals surface area contributed by atoms with Crippen LogP contribution in [0.5, 0.6) is 0 Å². The molecule has 1 aromatic rings. The smallest absolute Gasteiger partial charge is 0.0954 e. The molecule has 0 aliphatic rings. The van der Waals surface area contributed by atoms with Crippen molar-refractivity contribution in [1.82, 2.24) is 4.98 Å². The molecule has 0 saturated carbocycles. The lowest BCUT2D eigenvalue weighted by Gasteiger charge is -2.09. The summed E-state index contributed by atoms with van der Waals surface area (Å²) in [5.74, 6) is 0. The first kappa shape index (κ1) is 12.6. The minimum Gasteiger partial charge on any atom is -0.390 e. The molecule has 1 unspecified atom stereocenters. The van der Waals surface area contributed by atoms with E-state index in [1.54, 1.807) is 18.4 Å². The lowest BCUT2D eigenvalue weighted by atomic mass is 10.3. The van der Waals surface area contributed by atoms with Crippen molar-refractivity contribution in [2.75, 3.05) is 26.9 Å². The van der Waals surface area contributed by atoms with Gasteiger partial charge in [0.15, 0.2) is 0 Å². The molecular formula is C10H17NO3S. The summed E-state index contributed by atoms with van der Waals surface area (Å²) in [5.41, 5.74) is 1.00. The first-order valence-corrected chi connectivity index (χ1v) is 5.76. The lowest BCUT2D eigenvalue weighted by molar-refractivity contribution is 0.0137. The standard InChI is InChI=1S/C10H17NO3S/c1-8-7-15-10(11-8)5-9(12)6-14-4-3-13-2/h7,9,12H,3-6H2,1-2H3. The van der Waals surface area contributed by atoms with E-state index in [1.807, 2.05) is 12.3 Å². The molecule has 0 aromatic carbocycles. The highest BCUT2D eigenvalue weighted by molar-refractivity contribution is 7.09. The first-order valence-electron chi connectivity index (χ1n) is 4.88. The van der Waals surface area contributed by atoms with Gasteiger partial charge in [0.05, 0.1) is 30.9 Å². The van der Waals surface area contributed by atoms with Crippen molar-refractivity contribution in [3.05, 3.63) is 16.1 Å². The quantitative estimate of drug-likeness (QED) is 0.712. The summed E-state index contributed by atoms with van der Waals surface area (Å²) >= 11 is 1.57. The van der Waals surface area contributed by atoms with Gasteiger partial charge in [-0.3, -0.25) is 0 Å². The van der Waals surface area contributed by atoms with E-state index < -0.39 is 6.10 Å². The number of hydrogen-bond donors (Lipinski definition) is 1. The largest absolute Gasteiger partial charge is 0.390 e. The summed E-state index contributed by atoms with van der Waals surface area (Å²) in [6, 6.07) is 0. The van der Waals surface area contributed by atoms with Crippen molar-refractivity contribution in [2.24, 2.45) is 0 Å². The maximum atomic E-state index is 9.61. The SMILES string of the molecule is COCCOCC(O)Cc1nc(C)cs1. The van der Waals surface area contributed by atoms with Crippen LogP contribution in [0.1, 0.15) is 10.7 Å². The van der Waals surface area contributed by atoms with Crippen molar-refractivity contribution < 1.29 is 14.6 Å². The third-order valence-corrected chi connectivity index (χ3v) is 2.81. The summed E-state index contributed by atoms with van der Waals surface area (Å²) in [6.45, 7) is 3.36. The summed E-state index contributed by atoms with van der Waals surface area (Å²) in [4.78, 5) is 4.27. The van der Waals surface area contributed by atoms with E-state index in [0.717, 1.165) is 10.7 Å². The van der Waals surface area contributed by atoms with Gasteiger partial charge in [-0.05, 0) is 6.92 Å². The van der Waals surface area contributed by atoms with E-state index in [4.69, 9.17) is 9.47 Å². The van der Waals surface area contributed by atoms with E-state index in [9.17, 15) is 5.11 Å². The van der Waals surface area contributed by atoms with Gasteiger partial charge in [0.25, 0.3) is 0 Å². The van der Waals surface area contributed by atoms with Crippen LogP contribution in [0.3, 0.4) is 0 Å². The maximum absolute atomic E-state index is 9.61. The van der Waals surface area contributed by atoms with Gasteiger partial charge >= 0.3 is 0 Å². The molecule has 0 radical (unpaired) electrons. The molecule has 0 aliphatic carbocycles. The van der Waals surface area contributed by atoms with Gasteiger partial charge in [-0.1, -0.05) is 0 Å². The Hall–Kier alpha value is -0.490. The van der Waals surface area contributed by atoms with Crippen LogP contribution in [-0.4, -0.2) is 43.1 Å². The van der Waals surface area contributed by atoms with E-state index >= 15 is 0 Å². The predicted octanol–water partition coefficient (Wildman–Crippen LogP) is 1.02. The van der Waals surface area contributed by atoms with E-state index in [0.29, 0.717) is 26.2 Å². The molecule has 0 saturated heterocycles. The number of methoxy groups -OCH3 is 1. The van der Waals surface area contributed by atoms with Crippen LogP contribution in [0.25, 0.3) is 0 Å². The third kappa shape index (κ3) is 5.22. The van der Waals surface area contributed by atoms with Crippen LogP contribution in [0.15, 0.2) is 5.38 Å². The Morgan fingerprint density at radius 2 is 2.33 bits per heavy atom. The Labute approximate surface area is 93.9 Å². The Morgan fingerprint density at radius 3 is 2.93 bits per heavy atom. The van der Waals surface area contributed by atoms with E-state index in [-0.39, 0.29) is 0 Å². The number of thiazole rings is 1. The molecule has 0 bridgehead atoms. The van der Waals surface area contributed by atoms with Gasteiger partial charge in [-0.15, -0.1) is 11.3 Å². The third-order valence-electron chi connectivity index (χ3n) is 1.82. The molecule has 0 amide bonds. The predicted molar refractivity (Wildman–Crippen MR) is 59.3 cm³/mol. The molecule has 0 aliphatic heterocycles. The fourth-order valence-corrected chi connectivity index (χ4v) is 1.96. The Balaban J connectivity index is 2.15. The van der Waals surface area contributed by atoms with E-state index in [2.05, 4.69) is 4.98 Å². The summed E-state index contributed by atoms with van der Waals surface area (Å²) in [7, 11) is 1.62. The highest BCUT2D eigenvalue weighted by Gasteiger charge is 2.08. The molecule has 1 atom stereocenters. The Bertz CT molecular complexity index is 277. The van der Waals surface area contributed by atoms with Crippen LogP contribution >= 0.6 is 11.3 Å². The summed E-state index contributed by atoms with van der Waals surface area (Å²) in [5, 5.41) is 12.5. The average Bonchev–Trinajstić information content (AvgIpc) is 2.59. The Kier molecular flexibility index (Phi) is 5.78. The van der Waals surface area contributed by atoms with Crippen LogP contribution in [0.2, 0.25) is 0 Å². The van der Waals surface area contributed by atoms with Gasteiger partial charge in [-0.25, -0.2) is 4.98 Å². The first-order chi connectivity index (χ1) is 7.22. The van der Waals surface area contributed by atoms with Gasteiger partial charge < -0.3 is 14.6 Å². The maximum Gasteiger partial charge on any atom is 0.0954 e. The normalized spacial score (nSPS) is 13.0. The summed E-state index contributed by atoms with van der Waals surface area (Å²) in [6.07, 6.45) is 0.0817. The molecule has 1 aromatic heterocycles. The average molecular weight is 231 g/mol. The zero-order valence-corrected chi connectivity index (χ0v) is 9.92. The van der Waals surface area contributed by atoms with Gasteiger partial charge in [0.1, 0.15) is 0 Å². The van der Waals surface area contributed by atoms with Crippen molar-refractivity contribution in [2.45, 2.75) is 19.4 Å². The van der Waals surface area contributed by atoms with Gasteiger partial charge in [-0.2, -0.15) is 0 Å². The topological polar surface area (TPSA) is 51.6 Å². The molecule has 4 nitrogen and oxygen atoms in total. The number of ether oxygens (including phenoxy) is 2. The lowest BCUT2D eigenvalue weighted by Crippen LogP contribution is -2.19. The fraction of sp³-hybridized carbons (Fsp3) is 0.700. The molecule has 15 heavy (non-hydrogen) atoms. The van der Waals surface area contributed by atoms with Crippen LogP contribution in [0, 0.1) is 6.92 Å². The molecule has 0 spiro atoms. The molecular weight excluding hydrogens is 214 g/mol. The molecule has 1 heterocycles. The second-order valence-electron chi connectivity index (χ2n) is 3.31. The zero-order valence-electron chi connectivity index (χ0n) is 9.10. The minimum atomic E-state index is -0.479. The van der Waals surface area contributed by atoms with E-state index in [1.165, 1.54) is 0 Å². The van der Waals surface area contributed by atoms with Crippen LogP contribution in [0.4, 0.5) is 0 Å². The highest BCUT2D eigenvalue weighted by Crippen LogP contribution is 2.11. The minimum absolute atomic E-state index is 0.335. The number of aromatic nitrogens is 1. The monoisotopic (exact) mass is 231 g/mol. The molecule has 86 valence electrons.